The fourth-order valence-electron chi connectivity index (χ4n) is 3.54. The van der Waals surface area contributed by atoms with Gasteiger partial charge in [-0.1, -0.05) is 62.4 Å². The maximum atomic E-state index is 9.71. The van der Waals surface area contributed by atoms with Gasteiger partial charge in [-0.2, -0.15) is 0 Å². The first-order valence-electron chi connectivity index (χ1n) is 11.1. The lowest BCUT2D eigenvalue weighted by Gasteiger charge is -2.14. The minimum atomic E-state index is -0.260. The van der Waals surface area contributed by atoms with Gasteiger partial charge in [0, 0.05) is 29.1 Å². The van der Waals surface area contributed by atoms with Crippen molar-refractivity contribution in [3.05, 3.63) is 78.4 Å². The molecule has 3 aromatic rings. The van der Waals surface area contributed by atoms with Crippen molar-refractivity contribution in [1.29, 1.82) is 0 Å². The van der Waals surface area contributed by atoms with Crippen LogP contribution in [0.25, 0.3) is 17.2 Å². The van der Waals surface area contributed by atoms with Crippen LogP contribution in [0.1, 0.15) is 37.7 Å². The minimum Gasteiger partial charge on any atom is -0.394 e. The number of rotatable bonds is 8. The molecule has 1 unspecified atom stereocenters. The van der Waals surface area contributed by atoms with Crippen LogP contribution in [0.15, 0.2) is 71.9 Å². The second kappa shape index (κ2) is 12.6. The van der Waals surface area contributed by atoms with Gasteiger partial charge in [-0.25, -0.2) is 4.98 Å². The molecule has 2 aromatic carbocycles. The molecule has 0 spiro atoms. The lowest BCUT2D eigenvalue weighted by molar-refractivity contribution is 0.199. The lowest BCUT2D eigenvalue weighted by atomic mass is 10.0. The highest BCUT2D eigenvalue weighted by atomic mass is 32.2. The van der Waals surface area contributed by atoms with Gasteiger partial charge < -0.3 is 19.5 Å². The fourth-order valence-corrected chi connectivity index (χ4v) is 4.60. The highest BCUT2D eigenvalue weighted by Crippen LogP contribution is 2.30. The molecule has 1 aliphatic heterocycles. The number of thioether (sulfide) groups is 1. The van der Waals surface area contributed by atoms with E-state index in [1.807, 2.05) is 37.8 Å². The van der Waals surface area contributed by atoms with Gasteiger partial charge in [-0.3, -0.25) is 0 Å². The number of ether oxygens (including phenoxy) is 1. The van der Waals surface area contributed by atoms with E-state index in [9.17, 15) is 10.2 Å². The summed E-state index contributed by atoms with van der Waals surface area (Å²) >= 11 is 1.89. The molecule has 1 aliphatic rings. The average molecular weight is 453 g/mol. The van der Waals surface area contributed by atoms with Gasteiger partial charge in [0.25, 0.3) is 0 Å². The topological polar surface area (TPSA) is 67.5 Å². The largest absolute Gasteiger partial charge is 0.394 e. The van der Waals surface area contributed by atoms with E-state index in [1.165, 1.54) is 16.0 Å². The number of hydrogen-bond donors (Lipinski definition) is 2. The summed E-state index contributed by atoms with van der Waals surface area (Å²) in [7, 11) is 0. The highest BCUT2D eigenvalue weighted by Gasteiger charge is 2.16. The van der Waals surface area contributed by atoms with Crippen LogP contribution in [0, 0.1) is 0 Å². The van der Waals surface area contributed by atoms with Crippen LogP contribution in [0.2, 0.25) is 0 Å². The number of aliphatic hydroxyl groups excluding tert-OH is 2. The lowest BCUT2D eigenvalue weighted by Crippen LogP contribution is -2.13. The van der Waals surface area contributed by atoms with E-state index in [0.29, 0.717) is 11.1 Å². The van der Waals surface area contributed by atoms with Gasteiger partial charge in [0.05, 0.1) is 19.3 Å². The first-order chi connectivity index (χ1) is 15.8. The zero-order chi connectivity index (χ0) is 22.8. The van der Waals surface area contributed by atoms with Crippen molar-refractivity contribution in [2.24, 2.45) is 0 Å². The Morgan fingerprint density at radius 2 is 1.78 bits per heavy atom. The smallest absolute Gasteiger partial charge is 0.135 e. The Bertz CT molecular complexity index is 961. The van der Waals surface area contributed by atoms with E-state index in [2.05, 4.69) is 53.5 Å². The molecule has 6 heteroatoms. The zero-order valence-electron chi connectivity index (χ0n) is 18.7. The fraction of sp³-hybridized carbons (Fsp3) is 0.346. The average Bonchev–Trinajstić information content (AvgIpc) is 3.54. The van der Waals surface area contributed by atoms with E-state index < -0.39 is 0 Å². The van der Waals surface area contributed by atoms with Gasteiger partial charge in [0.1, 0.15) is 12.4 Å². The van der Waals surface area contributed by atoms with Crippen molar-refractivity contribution in [1.82, 2.24) is 9.55 Å². The summed E-state index contributed by atoms with van der Waals surface area (Å²) in [6.07, 6.45) is 8.42. The SMILES string of the molecule is CC.OCc1nccn1C(/C=C/c1ccc(-c2ccc(S[C@H]3CCOC3)cc2)cc1)CO. The van der Waals surface area contributed by atoms with Crippen LogP contribution in [0.3, 0.4) is 0 Å². The maximum Gasteiger partial charge on any atom is 0.135 e. The van der Waals surface area contributed by atoms with Gasteiger partial charge >= 0.3 is 0 Å². The second-order valence-corrected chi connectivity index (χ2v) is 8.64. The van der Waals surface area contributed by atoms with Gasteiger partial charge in [-0.05, 0) is 35.2 Å². The molecule has 170 valence electrons. The quantitative estimate of drug-likeness (QED) is 0.492. The molecule has 5 nitrogen and oxygen atoms in total. The molecule has 2 heterocycles. The molecule has 0 amide bonds. The molecule has 0 saturated carbocycles. The highest BCUT2D eigenvalue weighted by molar-refractivity contribution is 8.00. The molecule has 32 heavy (non-hydrogen) atoms. The summed E-state index contributed by atoms with van der Waals surface area (Å²) in [6.45, 7) is 5.51. The van der Waals surface area contributed by atoms with Crippen molar-refractivity contribution >= 4 is 17.8 Å². The summed E-state index contributed by atoms with van der Waals surface area (Å²) < 4.78 is 7.23. The Labute approximate surface area is 194 Å². The minimum absolute atomic E-state index is 0.0602. The van der Waals surface area contributed by atoms with Crippen molar-refractivity contribution in [2.75, 3.05) is 19.8 Å². The van der Waals surface area contributed by atoms with Crippen LogP contribution in [0.4, 0.5) is 0 Å². The number of aliphatic hydroxyl groups is 2. The van der Waals surface area contributed by atoms with E-state index >= 15 is 0 Å². The van der Waals surface area contributed by atoms with Crippen molar-refractivity contribution in [2.45, 2.75) is 43.1 Å². The third-order valence-electron chi connectivity index (χ3n) is 5.23. The summed E-state index contributed by atoms with van der Waals surface area (Å²) in [5.41, 5.74) is 3.41. The molecular weight excluding hydrogens is 420 g/mol. The third kappa shape index (κ3) is 6.33. The van der Waals surface area contributed by atoms with Crippen LogP contribution < -0.4 is 0 Å². The monoisotopic (exact) mass is 452 g/mol. The van der Waals surface area contributed by atoms with E-state index in [-0.39, 0.29) is 19.3 Å². The predicted octanol–water partition coefficient (Wildman–Crippen LogP) is 5.20. The van der Waals surface area contributed by atoms with Crippen LogP contribution in [-0.4, -0.2) is 44.8 Å². The molecule has 2 N–H and O–H groups in total. The molecule has 4 rings (SSSR count). The molecule has 1 aromatic heterocycles. The number of nitrogens with zero attached hydrogens (tertiary/aromatic N) is 2. The first kappa shape index (κ1) is 24.3. The standard InChI is InChI=1S/C24H26N2O3S.C2H6/c27-15-21(26-13-12-25-24(26)16-28)8-3-18-1-4-19(5-2-18)20-6-9-22(10-7-20)30-23-11-14-29-17-23;1-2/h1-10,12-13,21,23,27-28H,11,14-17H2;1-2H3/b8-3+;/t21?,23-;/m0./s1. The van der Waals surface area contributed by atoms with Crippen molar-refractivity contribution in [3.8, 4) is 11.1 Å². The molecule has 2 atom stereocenters. The Morgan fingerprint density at radius 1 is 1.09 bits per heavy atom. The second-order valence-electron chi connectivity index (χ2n) is 7.27. The van der Waals surface area contributed by atoms with Gasteiger partial charge in [0.15, 0.2) is 0 Å². The van der Waals surface area contributed by atoms with E-state index in [0.717, 1.165) is 25.2 Å². The first-order valence-corrected chi connectivity index (χ1v) is 12.0. The van der Waals surface area contributed by atoms with Crippen LogP contribution in [0.5, 0.6) is 0 Å². The normalized spacial score (nSPS) is 16.7. The van der Waals surface area contributed by atoms with Crippen LogP contribution in [-0.2, 0) is 11.3 Å². The molecule has 0 aliphatic carbocycles. The Balaban J connectivity index is 0.00000141. The Morgan fingerprint density at radius 3 is 2.38 bits per heavy atom. The van der Waals surface area contributed by atoms with Gasteiger partial charge in [-0.15, -0.1) is 11.8 Å². The van der Waals surface area contributed by atoms with Gasteiger partial charge in [0.2, 0.25) is 0 Å². The van der Waals surface area contributed by atoms with Crippen molar-refractivity contribution < 1.29 is 14.9 Å². The Hall–Kier alpha value is -2.38. The van der Waals surface area contributed by atoms with Crippen molar-refractivity contribution in [3.63, 3.8) is 0 Å². The third-order valence-corrected chi connectivity index (χ3v) is 6.48. The Kier molecular flexibility index (Phi) is 9.56. The summed E-state index contributed by atoms with van der Waals surface area (Å²) in [6, 6.07) is 16.8. The molecule has 1 fully saturated rings. The summed E-state index contributed by atoms with van der Waals surface area (Å²) in [5, 5.41) is 19.6. The number of benzene rings is 2. The molecule has 1 saturated heterocycles. The molecule has 0 radical (unpaired) electrons. The maximum absolute atomic E-state index is 9.71. The number of hydrogen-bond acceptors (Lipinski definition) is 5. The van der Waals surface area contributed by atoms with Crippen LogP contribution >= 0.6 is 11.8 Å². The van der Waals surface area contributed by atoms with E-state index in [4.69, 9.17) is 4.74 Å². The molecule has 0 bridgehead atoms. The zero-order valence-corrected chi connectivity index (χ0v) is 19.5. The summed E-state index contributed by atoms with van der Waals surface area (Å²) in [5.74, 6) is 0.538. The summed E-state index contributed by atoms with van der Waals surface area (Å²) in [4.78, 5) is 5.38. The molecular formula is C26H32N2O3S. The van der Waals surface area contributed by atoms with E-state index in [1.54, 1.807) is 17.0 Å². The number of imidazole rings is 1. The predicted molar refractivity (Wildman–Crippen MR) is 132 cm³/mol. The number of aromatic nitrogens is 2.